The largest absolute Gasteiger partial charge is 0.496 e. The molecule has 0 bridgehead atoms. The normalized spacial score (nSPS) is 10.7. The highest BCUT2D eigenvalue weighted by Crippen LogP contribution is 2.33. The average molecular weight is 471 g/mol. The first-order valence-electron chi connectivity index (χ1n) is 11.7. The van der Waals surface area contributed by atoms with Gasteiger partial charge in [0.2, 0.25) is 0 Å². The Morgan fingerprint density at radius 1 is 0.800 bits per heavy atom. The van der Waals surface area contributed by atoms with Gasteiger partial charge in [0, 0.05) is 10.9 Å². The Hall–Kier alpha value is -3.99. The first-order chi connectivity index (χ1) is 17.0. The summed E-state index contributed by atoms with van der Waals surface area (Å²) in [6.07, 6.45) is 0. The highest BCUT2D eigenvalue weighted by atomic mass is 16.5. The molecule has 0 aromatic heterocycles. The first kappa shape index (κ1) is 24.1. The van der Waals surface area contributed by atoms with E-state index in [1.54, 1.807) is 20.1 Å². The minimum Gasteiger partial charge on any atom is -0.496 e. The molecule has 5 nitrogen and oxygen atoms in total. The number of para-hydroxylation sites is 1. The van der Waals surface area contributed by atoms with Crippen LogP contribution in [0.4, 0.5) is 0 Å². The van der Waals surface area contributed by atoms with E-state index in [0.29, 0.717) is 31.1 Å². The minimum absolute atomic E-state index is 0.299. The van der Waals surface area contributed by atoms with E-state index in [4.69, 9.17) is 18.9 Å². The van der Waals surface area contributed by atoms with Crippen LogP contribution in [0.1, 0.15) is 39.5 Å². The molecule has 4 aromatic rings. The van der Waals surface area contributed by atoms with E-state index in [-0.39, 0.29) is 0 Å². The second-order valence-electron chi connectivity index (χ2n) is 8.34. The molecule has 180 valence electrons. The predicted octanol–water partition coefficient (Wildman–Crippen LogP) is 6.80. The maximum atomic E-state index is 12.6. The van der Waals surface area contributed by atoms with Crippen LogP contribution in [0.3, 0.4) is 0 Å². The molecule has 0 saturated heterocycles. The van der Waals surface area contributed by atoms with Crippen molar-refractivity contribution >= 4 is 16.7 Å². The summed E-state index contributed by atoms with van der Waals surface area (Å²) in [4.78, 5) is 12.6. The highest BCUT2D eigenvalue weighted by molar-refractivity contribution is 5.98. The summed E-state index contributed by atoms with van der Waals surface area (Å²) in [5, 5.41) is 1.72. The van der Waals surface area contributed by atoms with Crippen molar-refractivity contribution in [1.82, 2.24) is 0 Å². The zero-order chi connectivity index (χ0) is 24.8. The summed E-state index contributed by atoms with van der Waals surface area (Å²) in [6, 6.07) is 23.3. The Kier molecular flexibility index (Phi) is 7.56. The average Bonchev–Trinajstić information content (AvgIpc) is 2.87. The van der Waals surface area contributed by atoms with Crippen LogP contribution in [0.2, 0.25) is 0 Å². The lowest BCUT2D eigenvalue weighted by molar-refractivity contribution is 0.0526. The molecule has 0 atom stereocenters. The van der Waals surface area contributed by atoms with Gasteiger partial charge in [0.15, 0.2) is 0 Å². The van der Waals surface area contributed by atoms with Crippen molar-refractivity contribution in [1.29, 1.82) is 0 Å². The fraction of sp³-hybridized carbons (Fsp3) is 0.233. The number of aryl methyl sites for hydroxylation is 2. The monoisotopic (exact) mass is 470 g/mol. The third-order valence-corrected chi connectivity index (χ3v) is 6.00. The van der Waals surface area contributed by atoms with Crippen LogP contribution in [0.5, 0.6) is 17.2 Å². The SMILES string of the molecule is CCOC(=O)c1cc(OCc2ccccc2OC)c2ccc(OCc3c(C)cccc3C)cc2c1. The lowest BCUT2D eigenvalue weighted by Crippen LogP contribution is -2.06. The Balaban J connectivity index is 1.65. The van der Waals surface area contributed by atoms with Crippen molar-refractivity contribution in [2.24, 2.45) is 0 Å². The summed E-state index contributed by atoms with van der Waals surface area (Å²) in [6.45, 7) is 7.03. The summed E-state index contributed by atoms with van der Waals surface area (Å²) >= 11 is 0. The van der Waals surface area contributed by atoms with Crippen LogP contribution in [0.25, 0.3) is 10.8 Å². The molecule has 4 rings (SSSR count). The molecule has 0 unspecified atom stereocenters. The van der Waals surface area contributed by atoms with Gasteiger partial charge in [-0.2, -0.15) is 0 Å². The molecule has 0 saturated carbocycles. The number of methoxy groups -OCH3 is 1. The van der Waals surface area contributed by atoms with Gasteiger partial charge >= 0.3 is 5.97 Å². The number of benzene rings is 4. The summed E-state index contributed by atoms with van der Waals surface area (Å²) in [7, 11) is 1.63. The maximum Gasteiger partial charge on any atom is 0.338 e. The van der Waals surface area contributed by atoms with E-state index in [1.807, 2.05) is 54.6 Å². The number of carbonyl (C=O) groups excluding carboxylic acids is 1. The van der Waals surface area contributed by atoms with Crippen LogP contribution in [0.15, 0.2) is 72.8 Å². The Bertz CT molecular complexity index is 1320. The summed E-state index contributed by atoms with van der Waals surface area (Å²) in [5.41, 5.74) is 4.91. The Labute approximate surface area is 206 Å². The third kappa shape index (κ3) is 5.57. The van der Waals surface area contributed by atoms with Crippen LogP contribution in [-0.4, -0.2) is 19.7 Å². The van der Waals surface area contributed by atoms with Crippen molar-refractivity contribution in [3.63, 3.8) is 0 Å². The molecule has 0 heterocycles. The quantitative estimate of drug-likeness (QED) is 0.252. The van der Waals surface area contributed by atoms with Gasteiger partial charge in [-0.15, -0.1) is 0 Å². The summed E-state index contributed by atoms with van der Waals surface area (Å²) < 4.78 is 23.0. The summed E-state index contributed by atoms with van der Waals surface area (Å²) in [5.74, 6) is 1.67. The zero-order valence-corrected chi connectivity index (χ0v) is 20.6. The van der Waals surface area contributed by atoms with Gasteiger partial charge in [0.1, 0.15) is 30.5 Å². The fourth-order valence-electron chi connectivity index (χ4n) is 4.06. The molecule has 0 aliphatic carbocycles. The predicted molar refractivity (Wildman–Crippen MR) is 137 cm³/mol. The van der Waals surface area contributed by atoms with Crippen LogP contribution in [0, 0.1) is 13.8 Å². The van der Waals surface area contributed by atoms with E-state index in [9.17, 15) is 4.79 Å². The van der Waals surface area contributed by atoms with Crippen LogP contribution in [-0.2, 0) is 18.0 Å². The lowest BCUT2D eigenvalue weighted by Gasteiger charge is -2.15. The topological polar surface area (TPSA) is 54.0 Å². The second-order valence-corrected chi connectivity index (χ2v) is 8.34. The molecule has 5 heteroatoms. The lowest BCUT2D eigenvalue weighted by atomic mass is 10.0. The molecular formula is C30H30O5. The smallest absolute Gasteiger partial charge is 0.338 e. The van der Waals surface area contributed by atoms with Gasteiger partial charge in [-0.3, -0.25) is 0 Å². The number of ether oxygens (including phenoxy) is 4. The van der Waals surface area contributed by atoms with Gasteiger partial charge in [-0.1, -0.05) is 36.4 Å². The molecule has 0 N–H and O–H groups in total. The molecule has 0 spiro atoms. The highest BCUT2D eigenvalue weighted by Gasteiger charge is 2.14. The molecular weight excluding hydrogens is 440 g/mol. The van der Waals surface area contributed by atoms with Crippen molar-refractivity contribution in [2.45, 2.75) is 34.0 Å². The van der Waals surface area contributed by atoms with Crippen molar-refractivity contribution in [3.8, 4) is 17.2 Å². The van der Waals surface area contributed by atoms with E-state index in [1.165, 1.54) is 16.7 Å². The Morgan fingerprint density at radius 2 is 1.57 bits per heavy atom. The number of esters is 1. The number of hydrogen-bond donors (Lipinski definition) is 0. The fourth-order valence-corrected chi connectivity index (χ4v) is 4.06. The van der Waals surface area contributed by atoms with Gasteiger partial charge in [0.25, 0.3) is 0 Å². The Morgan fingerprint density at radius 3 is 2.31 bits per heavy atom. The van der Waals surface area contributed by atoms with E-state index >= 15 is 0 Å². The number of carbonyl (C=O) groups is 1. The van der Waals surface area contributed by atoms with E-state index < -0.39 is 5.97 Å². The molecule has 0 aliphatic heterocycles. The molecule has 35 heavy (non-hydrogen) atoms. The molecule has 0 aliphatic rings. The van der Waals surface area contributed by atoms with Gasteiger partial charge in [-0.25, -0.2) is 4.79 Å². The number of hydrogen-bond acceptors (Lipinski definition) is 5. The van der Waals surface area contributed by atoms with Crippen molar-refractivity contribution < 1.29 is 23.7 Å². The molecule has 0 amide bonds. The minimum atomic E-state index is -0.390. The standard InChI is InChI=1S/C30H30O5/c1-5-33-30(31)24-15-23-16-25(34-19-27-20(2)9-8-10-21(27)3)13-14-26(23)29(17-24)35-18-22-11-6-7-12-28(22)32-4/h6-17H,5,18-19H2,1-4H3. The molecule has 0 fully saturated rings. The van der Waals surface area contributed by atoms with Crippen LogP contribution >= 0.6 is 0 Å². The van der Waals surface area contributed by atoms with E-state index in [2.05, 4.69) is 26.0 Å². The number of fused-ring (bicyclic) bond motifs is 1. The van der Waals surface area contributed by atoms with Crippen LogP contribution < -0.4 is 14.2 Å². The van der Waals surface area contributed by atoms with Gasteiger partial charge in [-0.05, 0) is 79.2 Å². The first-order valence-corrected chi connectivity index (χ1v) is 11.7. The number of rotatable bonds is 9. The molecule has 4 aromatic carbocycles. The second kappa shape index (κ2) is 11.0. The van der Waals surface area contributed by atoms with Gasteiger partial charge < -0.3 is 18.9 Å². The van der Waals surface area contributed by atoms with E-state index in [0.717, 1.165) is 27.8 Å². The zero-order valence-electron chi connectivity index (χ0n) is 20.6. The molecule has 0 radical (unpaired) electrons. The van der Waals surface area contributed by atoms with Crippen molar-refractivity contribution in [2.75, 3.05) is 13.7 Å². The third-order valence-electron chi connectivity index (χ3n) is 6.00. The maximum absolute atomic E-state index is 12.6. The van der Waals surface area contributed by atoms with Gasteiger partial charge in [0.05, 0.1) is 19.3 Å². The van der Waals surface area contributed by atoms with Crippen molar-refractivity contribution in [3.05, 3.63) is 101 Å².